The predicted octanol–water partition coefficient (Wildman–Crippen LogP) is 8.19. The molecule has 0 bridgehead atoms. The van der Waals surface area contributed by atoms with Gasteiger partial charge in [-0.2, -0.15) is 4.99 Å². The molecule has 11 heteroatoms. The second-order valence-corrected chi connectivity index (χ2v) is 11.9. The van der Waals surface area contributed by atoms with Crippen LogP contribution in [0.4, 0.5) is 18.9 Å². The zero-order chi connectivity index (χ0) is 31.4. The topological polar surface area (TPSA) is 72.6 Å². The molecule has 1 fully saturated rings. The number of aliphatic imine (C=N–C) groups is 1. The van der Waals surface area contributed by atoms with Gasteiger partial charge in [0.05, 0.1) is 12.1 Å². The molecule has 1 aliphatic heterocycles. The van der Waals surface area contributed by atoms with Gasteiger partial charge in [-0.3, -0.25) is 4.79 Å². The van der Waals surface area contributed by atoms with Crippen LogP contribution in [0.1, 0.15) is 49.8 Å². The third-order valence-corrected chi connectivity index (χ3v) is 7.96. The number of hydrogen-bond acceptors (Lipinski definition) is 5. The summed E-state index contributed by atoms with van der Waals surface area (Å²) in [4.78, 5) is 23.9. The van der Waals surface area contributed by atoms with Crippen LogP contribution in [0.5, 0.6) is 5.75 Å². The van der Waals surface area contributed by atoms with E-state index in [-0.39, 0.29) is 18.1 Å². The number of ether oxygens (including phenoxy) is 1. The van der Waals surface area contributed by atoms with Crippen molar-refractivity contribution < 1.29 is 22.7 Å². The van der Waals surface area contributed by atoms with Crippen molar-refractivity contribution in [3.8, 4) is 22.8 Å². The average molecular weight is 620 g/mol. The van der Waals surface area contributed by atoms with E-state index >= 15 is 0 Å². The molecule has 5 rings (SSSR count). The minimum atomic E-state index is -4.75. The molecule has 0 spiro atoms. The molecule has 3 aromatic carbocycles. The highest BCUT2D eigenvalue weighted by Gasteiger charge is 2.31. The number of carbonyl (C=O) groups is 1. The van der Waals surface area contributed by atoms with Crippen molar-refractivity contribution in [1.82, 2.24) is 14.8 Å². The molecule has 44 heavy (non-hydrogen) atoms. The number of hydrogen-bond donors (Lipinski definition) is 0. The molecule has 0 unspecified atom stereocenters. The maximum absolute atomic E-state index is 13.0. The van der Waals surface area contributed by atoms with E-state index in [0.717, 1.165) is 39.9 Å². The Balaban J connectivity index is 1.23. The Morgan fingerprint density at radius 3 is 2.50 bits per heavy atom. The SMILES string of the molecule is CC(=Cc1ccc(-c2ncn(-c3ccc(OC(F)(F)F)cc3)n2)cc1)CC(=O)N=C1SCCN1c1cccc(C)c1C(C)C. The van der Waals surface area contributed by atoms with Gasteiger partial charge in [0.15, 0.2) is 11.0 Å². The number of anilines is 1. The van der Waals surface area contributed by atoms with Gasteiger partial charge in [-0.1, -0.05) is 73.7 Å². The predicted molar refractivity (Wildman–Crippen MR) is 169 cm³/mol. The van der Waals surface area contributed by atoms with E-state index in [1.165, 1.54) is 46.4 Å². The number of halogens is 3. The van der Waals surface area contributed by atoms with Gasteiger partial charge in [0.25, 0.3) is 5.91 Å². The molecular formula is C33H32F3N5O2S. The largest absolute Gasteiger partial charge is 0.573 e. The van der Waals surface area contributed by atoms with Crippen LogP contribution in [-0.2, 0) is 4.79 Å². The molecule has 0 radical (unpaired) electrons. The average Bonchev–Trinajstić information content (AvgIpc) is 3.63. The quantitative estimate of drug-likeness (QED) is 0.198. The Hall–Kier alpha value is -4.38. The summed E-state index contributed by atoms with van der Waals surface area (Å²) in [7, 11) is 0. The van der Waals surface area contributed by atoms with Crippen LogP contribution >= 0.6 is 11.8 Å². The van der Waals surface area contributed by atoms with Crippen molar-refractivity contribution in [1.29, 1.82) is 0 Å². The smallest absolute Gasteiger partial charge is 0.406 e. The molecule has 1 saturated heterocycles. The van der Waals surface area contributed by atoms with E-state index in [0.29, 0.717) is 17.4 Å². The van der Waals surface area contributed by atoms with Gasteiger partial charge in [0.2, 0.25) is 0 Å². The van der Waals surface area contributed by atoms with E-state index < -0.39 is 6.36 Å². The van der Waals surface area contributed by atoms with Gasteiger partial charge in [-0.05, 0) is 66.8 Å². The summed E-state index contributed by atoms with van der Waals surface area (Å²) in [5.41, 5.74) is 6.77. The molecular weight excluding hydrogens is 587 g/mol. The third-order valence-electron chi connectivity index (χ3n) is 7.01. The molecule has 0 aliphatic carbocycles. The first-order chi connectivity index (χ1) is 21.0. The molecule has 0 saturated carbocycles. The fraction of sp³-hybridized carbons (Fsp3) is 0.273. The number of aromatic nitrogens is 3. The number of nitrogens with zero attached hydrogens (tertiary/aromatic N) is 5. The number of benzene rings is 3. The summed E-state index contributed by atoms with van der Waals surface area (Å²) in [6.07, 6.45) is -1.09. The van der Waals surface area contributed by atoms with Gasteiger partial charge in [-0.25, -0.2) is 9.67 Å². The second kappa shape index (κ2) is 13.1. The number of amidine groups is 1. The van der Waals surface area contributed by atoms with Crippen molar-refractivity contribution in [2.75, 3.05) is 17.2 Å². The lowest BCUT2D eigenvalue weighted by Crippen LogP contribution is -2.26. The normalized spacial score (nSPS) is 15.0. The number of carbonyl (C=O) groups excluding carboxylic acids is 1. The Labute approximate surface area is 258 Å². The fourth-order valence-corrected chi connectivity index (χ4v) is 6.11. The highest BCUT2D eigenvalue weighted by Crippen LogP contribution is 2.35. The van der Waals surface area contributed by atoms with Gasteiger partial charge in [0.1, 0.15) is 12.1 Å². The van der Waals surface area contributed by atoms with Crippen LogP contribution < -0.4 is 9.64 Å². The molecule has 7 nitrogen and oxygen atoms in total. The van der Waals surface area contributed by atoms with E-state index in [2.05, 4.69) is 63.7 Å². The monoisotopic (exact) mass is 619 g/mol. The van der Waals surface area contributed by atoms with Crippen molar-refractivity contribution in [3.05, 3.63) is 95.3 Å². The van der Waals surface area contributed by atoms with E-state index in [1.54, 1.807) is 11.8 Å². The molecule has 228 valence electrons. The van der Waals surface area contributed by atoms with Gasteiger partial charge < -0.3 is 9.64 Å². The van der Waals surface area contributed by atoms with Crippen LogP contribution in [0.15, 0.2) is 83.6 Å². The van der Waals surface area contributed by atoms with Crippen LogP contribution in [-0.4, -0.2) is 44.5 Å². The van der Waals surface area contributed by atoms with Gasteiger partial charge >= 0.3 is 6.36 Å². The van der Waals surface area contributed by atoms with Crippen LogP contribution in [0.25, 0.3) is 23.2 Å². The van der Waals surface area contributed by atoms with Crippen molar-refractivity contribution in [2.24, 2.45) is 4.99 Å². The van der Waals surface area contributed by atoms with Crippen LogP contribution in [0.2, 0.25) is 0 Å². The summed E-state index contributed by atoms with van der Waals surface area (Å²) in [5, 5.41) is 5.19. The van der Waals surface area contributed by atoms with Gasteiger partial charge in [0, 0.05) is 23.5 Å². The molecule has 4 aromatic rings. The molecule has 0 atom stereocenters. The molecule has 2 heterocycles. The number of alkyl halides is 3. The molecule has 1 aliphatic rings. The lowest BCUT2D eigenvalue weighted by molar-refractivity contribution is -0.274. The zero-order valence-electron chi connectivity index (χ0n) is 24.8. The lowest BCUT2D eigenvalue weighted by Gasteiger charge is -2.24. The van der Waals surface area contributed by atoms with Crippen molar-refractivity contribution in [3.63, 3.8) is 0 Å². The number of rotatable bonds is 8. The molecule has 1 aromatic heterocycles. The zero-order valence-corrected chi connectivity index (χ0v) is 25.6. The maximum atomic E-state index is 13.0. The summed E-state index contributed by atoms with van der Waals surface area (Å²) < 4.78 is 42.6. The number of amides is 1. The Morgan fingerprint density at radius 1 is 1.09 bits per heavy atom. The number of thioether (sulfide) groups is 1. The summed E-state index contributed by atoms with van der Waals surface area (Å²) in [6.45, 7) is 9.22. The first-order valence-electron chi connectivity index (χ1n) is 14.1. The lowest BCUT2D eigenvalue weighted by atomic mass is 9.95. The Kier molecular flexibility index (Phi) is 9.24. The van der Waals surface area contributed by atoms with E-state index in [4.69, 9.17) is 0 Å². The summed E-state index contributed by atoms with van der Waals surface area (Å²) in [5.74, 6) is 1.22. The standard InChI is InChI=1S/C33H32F3N5O2S/c1-21(2)30-23(4)6-5-7-28(30)40-16-17-44-32(40)38-29(42)19-22(3)18-24-8-10-25(11-9-24)31-37-20-41(39-31)26-12-14-27(15-13-26)43-33(34,35)36/h5-15,18,20-21H,16-17,19H2,1-4H3. The third kappa shape index (κ3) is 7.57. The maximum Gasteiger partial charge on any atom is 0.573 e. The second-order valence-electron chi connectivity index (χ2n) is 10.8. The first-order valence-corrected chi connectivity index (χ1v) is 15.1. The van der Waals surface area contributed by atoms with Crippen molar-refractivity contribution >= 4 is 34.6 Å². The minimum Gasteiger partial charge on any atom is -0.406 e. The van der Waals surface area contributed by atoms with E-state index in [9.17, 15) is 18.0 Å². The van der Waals surface area contributed by atoms with Gasteiger partial charge in [-0.15, -0.1) is 18.3 Å². The molecule has 1 amide bonds. The van der Waals surface area contributed by atoms with Crippen molar-refractivity contribution in [2.45, 2.75) is 46.4 Å². The minimum absolute atomic E-state index is 0.184. The van der Waals surface area contributed by atoms with E-state index in [1.807, 2.05) is 37.3 Å². The van der Waals surface area contributed by atoms with Crippen LogP contribution in [0, 0.1) is 6.92 Å². The molecule has 0 N–H and O–H groups in total. The van der Waals surface area contributed by atoms with Crippen LogP contribution in [0.3, 0.4) is 0 Å². The highest BCUT2D eigenvalue weighted by molar-refractivity contribution is 8.14. The Bertz CT molecular complexity index is 1690. The Morgan fingerprint density at radius 2 is 1.82 bits per heavy atom. The summed E-state index contributed by atoms with van der Waals surface area (Å²) >= 11 is 1.61. The summed E-state index contributed by atoms with van der Waals surface area (Å²) in [6, 6.07) is 19.3. The number of aryl methyl sites for hydroxylation is 1. The highest BCUT2D eigenvalue weighted by atomic mass is 32.2. The first kappa shape index (κ1) is 31.1. The fourth-order valence-electron chi connectivity index (χ4n) is 5.14.